The first kappa shape index (κ1) is 30.6. The molecule has 2 nitrogen and oxygen atoms in total. The van der Waals surface area contributed by atoms with Crippen LogP contribution in [0.5, 0.6) is 0 Å². The van der Waals surface area contributed by atoms with Gasteiger partial charge in [-0.05, 0) is 61.8 Å². The van der Waals surface area contributed by atoms with Gasteiger partial charge in [-0.15, -0.1) is 0 Å². The topological polar surface area (TPSA) is 26.3 Å². The maximum atomic E-state index is 12.2. The lowest BCUT2D eigenvalue weighted by Gasteiger charge is -2.30. The van der Waals surface area contributed by atoms with Crippen LogP contribution in [-0.2, 0) is 9.53 Å². The molecule has 0 radical (unpaired) electrons. The number of ether oxygens (including phenoxy) is 1. The summed E-state index contributed by atoms with van der Waals surface area (Å²) in [5.74, 6) is -0.255. The molecule has 0 bridgehead atoms. The maximum Gasteiger partial charge on any atom is 0.308 e. The fraction of sp³-hybridized carbons (Fsp3) is 0.286. The fourth-order valence-corrected chi connectivity index (χ4v) is 13.6. The second-order valence-electron chi connectivity index (χ2n) is 10.5. The molecule has 0 heterocycles. The summed E-state index contributed by atoms with van der Waals surface area (Å²) in [5.41, 5.74) is 0. The minimum absolute atomic E-state index is 0.0923. The lowest BCUT2D eigenvalue weighted by Crippen LogP contribution is -2.32. The molecule has 208 valence electrons. The van der Waals surface area contributed by atoms with E-state index in [1.54, 1.807) is 0 Å². The number of esters is 1. The van der Waals surface area contributed by atoms with Gasteiger partial charge in [0.15, 0.2) is 0 Å². The molecule has 5 heteroatoms. The Morgan fingerprint density at radius 2 is 1.18 bits per heavy atom. The van der Waals surface area contributed by atoms with E-state index in [0.717, 1.165) is 18.7 Å². The van der Waals surface area contributed by atoms with Crippen LogP contribution in [0.2, 0.25) is 0 Å². The van der Waals surface area contributed by atoms with Crippen LogP contribution in [0.3, 0.4) is 0 Å². The largest absolute Gasteiger partial charge is 0.464 e. The van der Waals surface area contributed by atoms with Gasteiger partial charge >= 0.3 is 5.97 Å². The first-order valence-electron chi connectivity index (χ1n) is 14.2. The van der Waals surface area contributed by atoms with Crippen molar-refractivity contribution in [3.8, 4) is 0 Å². The Morgan fingerprint density at radius 3 is 1.62 bits per heavy atom. The second-order valence-corrected chi connectivity index (χ2v) is 17.9. The van der Waals surface area contributed by atoms with E-state index < -0.39 is 15.2 Å². The highest BCUT2D eigenvalue weighted by atomic mass is 79.9. The van der Waals surface area contributed by atoms with E-state index in [4.69, 9.17) is 4.74 Å². The first-order chi connectivity index (χ1) is 19.5. The van der Waals surface area contributed by atoms with Crippen LogP contribution in [0.4, 0.5) is 0 Å². The molecule has 0 N–H and O–H groups in total. The number of benzene rings is 4. The Bertz CT molecular complexity index is 1210. The molecule has 4 rings (SSSR count). The van der Waals surface area contributed by atoms with E-state index in [1.165, 1.54) is 33.8 Å². The lowest BCUT2D eigenvalue weighted by molar-refractivity contribution is -0.147. The van der Waals surface area contributed by atoms with Gasteiger partial charge in [0.25, 0.3) is 0 Å². The molecule has 0 aliphatic rings. The molecule has 0 aliphatic carbocycles. The molecule has 1 atom stereocenters. The number of halogens is 1. The van der Waals surface area contributed by atoms with E-state index >= 15 is 0 Å². The van der Waals surface area contributed by atoms with Crippen molar-refractivity contribution in [3.05, 3.63) is 121 Å². The predicted octanol–water partition coefficient (Wildman–Crippen LogP) is 7.53. The predicted molar refractivity (Wildman–Crippen MR) is 180 cm³/mol. The number of alkyl halides is 1. The normalized spacial score (nSPS) is 12.4. The van der Waals surface area contributed by atoms with E-state index in [-0.39, 0.29) is 16.7 Å². The van der Waals surface area contributed by atoms with Gasteiger partial charge in [0.1, 0.15) is 6.61 Å². The summed E-state index contributed by atoms with van der Waals surface area (Å²) in [6.07, 6.45) is 5.59. The van der Waals surface area contributed by atoms with Crippen LogP contribution in [-0.4, -0.2) is 35.9 Å². The Morgan fingerprint density at radius 1 is 0.725 bits per heavy atom. The van der Waals surface area contributed by atoms with Gasteiger partial charge in [0, 0.05) is 0 Å². The van der Waals surface area contributed by atoms with E-state index in [0.29, 0.717) is 6.61 Å². The molecule has 0 aromatic heterocycles. The van der Waals surface area contributed by atoms with Gasteiger partial charge in [-0.25, -0.2) is 0 Å². The van der Waals surface area contributed by atoms with Crippen molar-refractivity contribution in [2.75, 3.05) is 25.1 Å². The summed E-state index contributed by atoms with van der Waals surface area (Å²) in [7, 11) is -2.17. The molecule has 0 saturated heterocycles. The van der Waals surface area contributed by atoms with Crippen LogP contribution < -0.4 is 21.2 Å². The van der Waals surface area contributed by atoms with Crippen molar-refractivity contribution in [3.63, 3.8) is 0 Å². The lowest BCUT2D eigenvalue weighted by atomic mass is 10.2. The van der Waals surface area contributed by atoms with Crippen molar-refractivity contribution < 1.29 is 9.53 Å². The Hall–Kier alpha value is -2.31. The molecule has 40 heavy (non-hydrogen) atoms. The fourth-order valence-electron chi connectivity index (χ4n) is 5.14. The zero-order valence-electron chi connectivity index (χ0n) is 23.5. The highest BCUT2D eigenvalue weighted by molar-refractivity contribution is 9.09. The van der Waals surface area contributed by atoms with Crippen molar-refractivity contribution in [2.45, 2.75) is 31.5 Å². The molecular weight excluding hydrogens is 594 g/mol. The average molecular weight is 635 g/mol. The molecule has 0 spiro atoms. The summed E-state index contributed by atoms with van der Waals surface area (Å²) in [4.78, 5) is 12.3. The van der Waals surface area contributed by atoms with E-state index in [2.05, 4.69) is 137 Å². The van der Waals surface area contributed by atoms with Crippen LogP contribution in [0.25, 0.3) is 0 Å². The maximum absolute atomic E-state index is 12.2. The quantitative estimate of drug-likeness (QED) is 0.0621. The average Bonchev–Trinajstić information content (AvgIpc) is 3.01. The summed E-state index contributed by atoms with van der Waals surface area (Å²) in [5, 5.41) is 5.75. The van der Waals surface area contributed by atoms with Gasteiger partial charge < -0.3 is 4.74 Å². The number of carbonyl (C=O) groups is 1. The molecular formula is C35H40BrO2P2+. The van der Waals surface area contributed by atoms with Crippen LogP contribution in [0.1, 0.15) is 26.7 Å². The van der Waals surface area contributed by atoms with Crippen LogP contribution in [0.15, 0.2) is 121 Å². The smallest absolute Gasteiger partial charge is 0.308 e. The van der Waals surface area contributed by atoms with Gasteiger partial charge in [-0.2, -0.15) is 0 Å². The zero-order valence-corrected chi connectivity index (χ0v) is 26.9. The molecule has 0 saturated carbocycles. The molecule has 1 unspecified atom stereocenters. The van der Waals surface area contributed by atoms with E-state index in [9.17, 15) is 4.79 Å². The second kappa shape index (κ2) is 15.6. The summed E-state index contributed by atoms with van der Waals surface area (Å²) >= 11 is 3.93. The van der Waals surface area contributed by atoms with Crippen molar-refractivity contribution in [1.29, 1.82) is 0 Å². The number of hydrogen-bond acceptors (Lipinski definition) is 2. The van der Waals surface area contributed by atoms with Crippen LogP contribution >= 0.6 is 31.1 Å². The zero-order chi connectivity index (χ0) is 28.2. The third kappa shape index (κ3) is 8.36. The Labute approximate surface area is 250 Å². The Balaban J connectivity index is 1.57. The molecule has 4 aromatic carbocycles. The summed E-state index contributed by atoms with van der Waals surface area (Å²) in [6, 6.07) is 44.1. The van der Waals surface area contributed by atoms with E-state index in [1.807, 2.05) is 13.8 Å². The number of rotatable bonds is 14. The highest BCUT2D eigenvalue weighted by Crippen LogP contribution is 2.58. The van der Waals surface area contributed by atoms with Crippen molar-refractivity contribution in [1.82, 2.24) is 0 Å². The SMILES string of the molecule is CC(C)C(=O)OCC(Br)C[P+](CCCCP(c1ccccc1)c1ccccc1)(c1ccccc1)c1ccccc1. The third-order valence-corrected chi connectivity index (χ3v) is 15.6. The minimum atomic E-state index is -1.78. The Kier molecular flexibility index (Phi) is 12.0. The monoisotopic (exact) mass is 633 g/mol. The molecule has 0 aliphatic heterocycles. The van der Waals surface area contributed by atoms with Crippen molar-refractivity contribution in [2.24, 2.45) is 5.92 Å². The first-order valence-corrected chi connectivity index (χ1v) is 18.8. The van der Waals surface area contributed by atoms with Crippen molar-refractivity contribution >= 4 is 58.3 Å². The molecule has 0 amide bonds. The summed E-state index contributed by atoms with van der Waals surface area (Å²) in [6.45, 7) is 4.17. The van der Waals surface area contributed by atoms with Crippen LogP contribution in [0, 0.1) is 5.92 Å². The van der Waals surface area contributed by atoms with Gasteiger partial charge in [0.05, 0.1) is 40.9 Å². The molecule has 0 fully saturated rings. The number of unbranched alkanes of at least 4 members (excludes halogenated alkanes) is 1. The minimum Gasteiger partial charge on any atom is -0.464 e. The van der Waals surface area contributed by atoms with Gasteiger partial charge in [0.2, 0.25) is 0 Å². The van der Waals surface area contributed by atoms with Gasteiger partial charge in [-0.3, -0.25) is 4.79 Å². The number of carbonyl (C=O) groups excluding carboxylic acids is 1. The standard InChI is InChI=1S/C35H40BrO2P2/c1-29(2)35(37)38-27-30(36)28-40(33-21-11-5-12-22-33,34-23-13-6-14-24-34)26-16-15-25-39(31-17-7-3-8-18-31)32-19-9-4-10-20-32/h3-14,17-24,29-30H,15-16,25-28H2,1-2H3/q+1. The molecule has 4 aromatic rings. The third-order valence-electron chi connectivity index (χ3n) is 7.20. The summed E-state index contributed by atoms with van der Waals surface area (Å²) < 4.78 is 5.67. The highest BCUT2D eigenvalue weighted by Gasteiger charge is 2.44. The number of hydrogen-bond donors (Lipinski definition) is 0. The van der Waals surface area contributed by atoms with Gasteiger partial charge in [-0.1, -0.05) is 127 Å².